The van der Waals surface area contributed by atoms with Crippen molar-refractivity contribution in [1.82, 2.24) is 9.71 Å². The van der Waals surface area contributed by atoms with E-state index >= 15 is 0 Å². The van der Waals surface area contributed by atoms with Crippen LogP contribution in [0.25, 0.3) is 11.3 Å². The molecular formula is C31H34N2O7S. The molecule has 0 spiro atoms. The van der Waals surface area contributed by atoms with Crippen LogP contribution in [0, 0.1) is 10.8 Å². The van der Waals surface area contributed by atoms with Gasteiger partial charge >= 0.3 is 0 Å². The first kappa shape index (κ1) is 28.7. The fourth-order valence-electron chi connectivity index (χ4n) is 6.07. The van der Waals surface area contributed by atoms with Crippen LogP contribution in [0.2, 0.25) is 0 Å². The summed E-state index contributed by atoms with van der Waals surface area (Å²) < 4.78 is 39.3. The van der Waals surface area contributed by atoms with Crippen LogP contribution in [0.15, 0.2) is 64.1 Å². The van der Waals surface area contributed by atoms with E-state index in [1.54, 1.807) is 24.3 Å². The van der Waals surface area contributed by atoms with Crippen molar-refractivity contribution in [1.29, 1.82) is 0 Å². The monoisotopic (exact) mass is 578 g/mol. The van der Waals surface area contributed by atoms with E-state index < -0.39 is 21.8 Å². The molecule has 0 saturated carbocycles. The number of sulfonamides is 1. The molecule has 0 saturated heterocycles. The number of rotatable bonds is 5. The number of amides is 1. The van der Waals surface area contributed by atoms with Gasteiger partial charge in [0.05, 0.1) is 18.7 Å². The van der Waals surface area contributed by atoms with Crippen LogP contribution < -0.4 is 9.46 Å². The first-order valence-electron chi connectivity index (χ1n) is 13.5. The second-order valence-corrected chi connectivity index (χ2v) is 14.2. The molecule has 0 radical (unpaired) electrons. The Bertz CT molecular complexity index is 1610. The molecule has 1 aromatic heterocycles. The van der Waals surface area contributed by atoms with Gasteiger partial charge in [0.2, 0.25) is 5.91 Å². The molecule has 0 atom stereocenters. The number of benzene rings is 1. The Hall–Kier alpha value is -3.79. The second-order valence-electron chi connectivity index (χ2n) is 12.6. The van der Waals surface area contributed by atoms with Crippen molar-refractivity contribution in [3.8, 4) is 17.0 Å². The number of carbonyl (C=O) groups excluding carboxylic acids is 3. The molecule has 1 amide bonds. The number of methoxy groups -OCH3 is 1. The summed E-state index contributed by atoms with van der Waals surface area (Å²) in [6.07, 6.45) is 1.76. The Morgan fingerprint density at radius 1 is 0.951 bits per heavy atom. The van der Waals surface area contributed by atoms with Crippen LogP contribution in [0.3, 0.4) is 0 Å². The molecule has 2 aromatic rings. The molecule has 3 aliphatic rings. The number of nitrogens with one attached hydrogen (secondary N) is 1. The van der Waals surface area contributed by atoms with Crippen LogP contribution in [-0.4, -0.2) is 38.0 Å². The van der Waals surface area contributed by atoms with E-state index in [4.69, 9.17) is 9.47 Å². The second kappa shape index (κ2) is 9.94. The zero-order valence-electron chi connectivity index (χ0n) is 24.1. The topological polar surface area (TPSA) is 129 Å². The van der Waals surface area contributed by atoms with Gasteiger partial charge in [0, 0.05) is 54.9 Å². The smallest absolute Gasteiger partial charge is 0.281 e. The lowest BCUT2D eigenvalue weighted by molar-refractivity contribution is -0.120. The Morgan fingerprint density at radius 2 is 1.54 bits per heavy atom. The minimum Gasteiger partial charge on any atom is -0.496 e. The third-order valence-electron chi connectivity index (χ3n) is 7.70. The van der Waals surface area contributed by atoms with Crippen molar-refractivity contribution < 1.29 is 32.3 Å². The number of Topliss-reactive ketones (excluding diaryl/α,β-unsaturated/α-hetero) is 2. The molecule has 2 heterocycles. The van der Waals surface area contributed by atoms with Crippen LogP contribution in [0.1, 0.15) is 71.8 Å². The zero-order chi connectivity index (χ0) is 29.9. The predicted molar refractivity (Wildman–Crippen MR) is 151 cm³/mol. The number of pyridine rings is 1. The minimum absolute atomic E-state index is 0.0700. The average molecular weight is 579 g/mol. The SMILES string of the molecule is COc1ccc(-c2cccc(S(=O)(=O)NC(C)=O)n2)cc1C1C2=C(CC(C)(C)CC2=O)OC2=C1C(=O)CC(C)(C)C2. The van der Waals surface area contributed by atoms with E-state index in [0.29, 0.717) is 70.9 Å². The average Bonchev–Trinajstić information content (AvgIpc) is 2.85. The lowest BCUT2D eigenvalue weighted by Gasteiger charge is -2.43. The maximum absolute atomic E-state index is 13.7. The molecule has 0 bridgehead atoms. The molecule has 41 heavy (non-hydrogen) atoms. The van der Waals surface area contributed by atoms with Gasteiger partial charge in [0.25, 0.3) is 10.0 Å². The lowest BCUT2D eigenvalue weighted by Crippen LogP contribution is -2.37. The largest absolute Gasteiger partial charge is 0.496 e. The van der Waals surface area contributed by atoms with E-state index in [-0.39, 0.29) is 27.4 Å². The fraction of sp³-hybridized carbons (Fsp3) is 0.419. The molecule has 1 N–H and O–H groups in total. The third kappa shape index (κ3) is 5.45. The van der Waals surface area contributed by atoms with Gasteiger partial charge in [-0.2, -0.15) is 8.42 Å². The zero-order valence-corrected chi connectivity index (χ0v) is 24.9. The van der Waals surface area contributed by atoms with Crippen LogP contribution in [0.4, 0.5) is 0 Å². The van der Waals surface area contributed by atoms with Gasteiger partial charge in [-0.25, -0.2) is 9.71 Å². The summed E-state index contributed by atoms with van der Waals surface area (Å²) in [5.41, 5.74) is 1.87. The standard InChI is InChI=1S/C31H34N2O7S/c1-17(34)33-41(37,38)26-9-7-8-20(32-26)18-10-11-23(39-6)19(12-18)27-28-21(35)13-30(2,3)15-24(28)40-25-16-31(4,5)14-22(36)29(25)27/h7-12,27H,13-16H2,1-6H3,(H,33,34). The number of carbonyl (C=O) groups is 3. The van der Waals surface area contributed by atoms with Crippen LogP contribution in [-0.2, 0) is 29.1 Å². The summed E-state index contributed by atoms with van der Waals surface area (Å²) in [4.78, 5) is 43.2. The molecule has 5 rings (SSSR count). The Kier molecular flexibility index (Phi) is 6.96. The van der Waals surface area contributed by atoms with Crippen molar-refractivity contribution in [3.05, 3.63) is 64.6 Å². The van der Waals surface area contributed by atoms with E-state index in [1.807, 2.05) is 32.4 Å². The predicted octanol–water partition coefficient (Wildman–Crippen LogP) is 4.98. The number of hydrogen-bond acceptors (Lipinski definition) is 8. The minimum atomic E-state index is -4.16. The number of aromatic nitrogens is 1. The van der Waals surface area contributed by atoms with Gasteiger partial charge in [0.15, 0.2) is 16.6 Å². The maximum Gasteiger partial charge on any atom is 0.281 e. The Balaban J connectivity index is 1.70. The third-order valence-corrected chi connectivity index (χ3v) is 9.03. The van der Waals surface area contributed by atoms with E-state index in [2.05, 4.69) is 4.98 Å². The van der Waals surface area contributed by atoms with Crippen molar-refractivity contribution >= 4 is 27.5 Å². The van der Waals surface area contributed by atoms with E-state index in [1.165, 1.54) is 19.2 Å². The van der Waals surface area contributed by atoms with Gasteiger partial charge in [-0.15, -0.1) is 0 Å². The van der Waals surface area contributed by atoms with E-state index in [9.17, 15) is 22.8 Å². The van der Waals surface area contributed by atoms with Crippen molar-refractivity contribution in [3.63, 3.8) is 0 Å². The molecule has 10 heteroatoms. The highest BCUT2D eigenvalue weighted by atomic mass is 32.2. The van der Waals surface area contributed by atoms with Crippen molar-refractivity contribution in [2.45, 2.75) is 71.2 Å². The van der Waals surface area contributed by atoms with Crippen LogP contribution in [0.5, 0.6) is 5.75 Å². The quantitative estimate of drug-likeness (QED) is 0.526. The summed E-state index contributed by atoms with van der Waals surface area (Å²) in [7, 11) is -2.63. The number of hydrogen-bond donors (Lipinski definition) is 1. The molecule has 9 nitrogen and oxygen atoms in total. The Morgan fingerprint density at radius 3 is 2.07 bits per heavy atom. The normalized spacial score (nSPS) is 20.2. The van der Waals surface area contributed by atoms with Gasteiger partial charge in [-0.3, -0.25) is 14.4 Å². The summed E-state index contributed by atoms with van der Waals surface area (Å²) in [6.45, 7) is 9.23. The molecule has 216 valence electrons. The van der Waals surface area contributed by atoms with Crippen molar-refractivity contribution in [2.75, 3.05) is 7.11 Å². The molecule has 0 unspecified atom stereocenters. The Labute approximate surface area is 240 Å². The summed E-state index contributed by atoms with van der Waals surface area (Å²) in [5, 5.41) is -0.307. The number of ether oxygens (including phenoxy) is 2. The summed E-state index contributed by atoms with van der Waals surface area (Å²) in [6, 6.07) is 9.75. The molecule has 0 fully saturated rings. The fourth-order valence-corrected chi connectivity index (χ4v) is 7.03. The van der Waals surface area contributed by atoms with Gasteiger partial charge < -0.3 is 9.47 Å². The van der Waals surface area contributed by atoms with Gasteiger partial charge in [-0.05, 0) is 41.2 Å². The number of allylic oxidation sites excluding steroid dienone is 4. The molecule has 1 aliphatic heterocycles. The molecule has 1 aromatic carbocycles. The van der Waals surface area contributed by atoms with Crippen molar-refractivity contribution in [2.24, 2.45) is 10.8 Å². The highest BCUT2D eigenvalue weighted by Crippen LogP contribution is 2.54. The number of nitrogens with zero attached hydrogens (tertiary/aromatic N) is 1. The maximum atomic E-state index is 13.7. The molecule has 2 aliphatic carbocycles. The van der Waals surface area contributed by atoms with Crippen LogP contribution >= 0.6 is 0 Å². The van der Waals surface area contributed by atoms with Gasteiger partial charge in [-0.1, -0.05) is 33.8 Å². The number of ketones is 2. The van der Waals surface area contributed by atoms with E-state index in [0.717, 1.165) is 6.92 Å². The lowest BCUT2D eigenvalue weighted by atomic mass is 9.65. The summed E-state index contributed by atoms with van der Waals surface area (Å²) in [5.74, 6) is 0.110. The first-order chi connectivity index (χ1) is 19.1. The summed E-state index contributed by atoms with van der Waals surface area (Å²) >= 11 is 0. The highest BCUT2D eigenvalue weighted by Gasteiger charge is 2.48. The first-order valence-corrected chi connectivity index (χ1v) is 15.0. The highest BCUT2D eigenvalue weighted by molar-refractivity contribution is 7.90. The molecular weight excluding hydrogens is 544 g/mol. The van der Waals surface area contributed by atoms with Gasteiger partial charge in [0.1, 0.15) is 17.3 Å².